The van der Waals surface area contributed by atoms with Crippen molar-refractivity contribution in [3.05, 3.63) is 28.5 Å². The summed E-state index contributed by atoms with van der Waals surface area (Å²) < 4.78 is 32.5. The summed E-state index contributed by atoms with van der Waals surface area (Å²) in [5, 5.41) is 1.82. The van der Waals surface area contributed by atoms with Crippen molar-refractivity contribution in [1.82, 2.24) is 4.31 Å². The summed E-state index contributed by atoms with van der Waals surface area (Å²) >= 11 is 1.37. The van der Waals surface area contributed by atoms with Crippen LogP contribution >= 0.6 is 11.3 Å². The molecule has 0 atom stereocenters. The van der Waals surface area contributed by atoms with Crippen molar-refractivity contribution in [3.8, 4) is 0 Å². The molecule has 0 N–H and O–H groups in total. The zero-order valence-corrected chi connectivity index (χ0v) is 11.3. The third-order valence-corrected chi connectivity index (χ3v) is 4.55. The molecule has 0 spiro atoms. The van der Waals surface area contributed by atoms with Gasteiger partial charge in [0.2, 0.25) is 0 Å². The van der Waals surface area contributed by atoms with E-state index in [1.165, 1.54) is 31.6 Å². The molecule has 0 saturated carbocycles. The average molecular weight is 286 g/mol. The minimum absolute atomic E-state index is 0.223. The van der Waals surface area contributed by atoms with Crippen molar-refractivity contribution >= 4 is 38.9 Å². The van der Waals surface area contributed by atoms with Gasteiger partial charge in [0.05, 0.1) is 17.7 Å². The molecular formula is C10H10N2O4S2. The first-order valence-electron chi connectivity index (χ1n) is 4.88. The van der Waals surface area contributed by atoms with Crippen LogP contribution in [0.3, 0.4) is 0 Å². The Balaban J connectivity index is 2.55. The van der Waals surface area contributed by atoms with Gasteiger partial charge in [-0.15, -0.1) is 15.7 Å². The molecule has 0 radical (unpaired) electrons. The van der Waals surface area contributed by atoms with E-state index in [0.29, 0.717) is 5.70 Å². The maximum absolute atomic E-state index is 11.8. The maximum atomic E-state index is 11.8. The quantitative estimate of drug-likeness (QED) is 0.757. The third-order valence-electron chi connectivity index (χ3n) is 2.34. The fourth-order valence-corrected chi connectivity index (χ4v) is 3.14. The smallest absolute Gasteiger partial charge is 0.357 e. The van der Waals surface area contributed by atoms with Gasteiger partial charge in [-0.1, -0.05) is 6.07 Å². The van der Waals surface area contributed by atoms with E-state index in [-0.39, 0.29) is 5.71 Å². The van der Waals surface area contributed by atoms with Crippen LogP contribution < -0.4 is 0 Å². The molecule has 1 aromatic rings. The van der Waals surface area contributed by atoms with Crippen molar-refractivity contribution < 1.29 is 17.9 Å². The van der Waals surface area contributed by atoms with Gasteiger partial charge >= 0.3 is 16.2 Å². The Bertz CT molecular complexity index is 629. The lowest BCUT2D eigenvalue weighted by Gasteiger charge is -2.22. The number of carbonyl (C=O) groups excluding carboxylic acids is 1. The highest BCUT2D eigenvalue weighted by Crippen LogP contribution is 2.28. The summed E-state index contributed by atoms with van der Waals surface area (Å²) in [6, 6.07) is 3.56. The number of ether oxygens (including phenoxy) is 1. The summed E-state index contributed by atoms with van der Waals surface area (Å²) in [5.74, 6) is -0.777. The number of carbonyl (C=O) groups is 1. The van der Waals surface area contributed by atoms with Crippen LogP contribution in [0.5, 0.6) is 0 Å². The zero-order valence-electron chi connectivity index (χ0n) is 9.65. The van der Waals surface area contributed by atoms with Gasteiger partial charge in [-0.2, -0.15) is 8.42 Å². The lowest BCUT2D eigenvalue weighted by molar-refractivity contribution is -0.132. The zero-order chi connectivity index (χ0) is 13.3. The van der Waals surface area contributed by atoms with Gasteiger partial charge in [-0.25, -0.2) is 4.79 Å². The summed E-state index contributed by atoms with van der Waals surface area (Å²) in [6.07, 6.45) is 1.40. The molecule has 1 aliphatic rings. The number of esters is 1. The molecule has 6 nitrogen and oxygen atoms in total. The summed E-state index contributed by atoms with van der Waals surface area (Å²) in [7, 11) is -1.32. The monoisotopic (exact) mass is 286 g/mol. The van der Waals surface area contributed by atoms with Crippen LogP contribution in [0.15, 0.2) is 28.0 Å². The third kappa shape index (κ3) is 2.16. The Morgan fingerprint density at radius 1 is 1.50 bits per heavy atom. The fraction of sp³-hybridized carbons (Fsp3) is 0.200. The Morgan fingerprint density at radius 2 is 2.22 bits per heavy atom. The van der Waals surface area contributed by atoms with E-state index >= 15 is 0 Å². The predicted octanol–water partition coefficient (Wildman–Crippen LogP) is 0.893. The van der Waals surface area contributed by atoms with Crippen molar-refractivity contribution in [2.45, 2.75) is 0 Å². The minimum Gasteiger partial charge on any atom is -0.464 e. The van der Waals surface area contributed by atoms with Crippen LogP contribution in [0.4, 0.5) is 0 Å². The molecule has 1 aliphatic heterocycles. The molecule has 0 fully saturated rings. The Kier molecular flexibility index (Phi) is 3.22. The van der Waals surface area contributed by atoms with Gasteiger partial charge in [0.25, 0.3) is 0 Å². The number of hydrogen-bond acceptors (Lipinski definition) is 5. The standard InChI is InChI=1S/C10H10N2O4S2/c1-12-8(9-4-3-5-17-9)6-7(10(13)16-2)11-18(12,14)15/h3-6H,1-2H3. The number of rotatable bonds is 2. The van der Waals surface area contributed by atoms with E-state index in [1.54, 1.807) is 12.1 Å². The van der Waals surface area contributed by atoms with Crippen LogP contribution in [0.1, 0.15) is 4.88 Å². The highest BCUT2D eigenvalue weighted by atomic mass is 32.2. The first-order chi connectivity index (χ1) is 8.45. The molecule has 2 rings (SSSR count). The first-order valence-corrected chi connectivity index (χ1v) is 7.16. The van der Waals surface area contributed by atoms with Gasteiger partial charge in [0.1, 0.15) is 0 Å². The fourth-order valence-electron chi connectivity index (χ4n) is 1.41. The van der Waals surface area contributed by atoms with E-state index in [0.717, 1.165) is 9.18 Å². The first kappa shape index (κ1) is 12.8. The van der Waals surface area contributed by atoms with Gasteiger partial charge in [0, 0.05) is 7.05 Å². The molecule has 0 amide bonds. The molecule has 0 aliphatic carbocycles. The summed E-state index contributed by atoms with van der Waals surface area (Å²) in [5.41, 5.74) is 0.180. The second kappa shape index (κ2) is 4.54. The Hall–Kier alpha value is -1.67. The highest BCUT2D eigenvalue weighted by Gasteiger charge is 2.29. The van der Waals surface area contributed by atoms with Gasteiger partial charge < -0.3 is 4.74 Å². The molecule has 8 heteroatoms. The summed E-state index contributed by atoms with van der Waals surface area (Å²) in [4.78, 5) is 12.1. The van der Waals surface area contributed by atoms with E-state index < -0.39 is 16.2 Å². The number of thiophene rings is 1. The SMILES string of the molecule is COC(=O)C1=NS(=O)(=O)N(C)C(c2cccs2)=C1. The molecule has 0 unspecified atom stereocenters. The van der Waals surface area contributed by atoms with Gasteiger partial charge in [0.15, 0.2) is 5.71 Å². The molecule has 18 heavy (non-hydrogen) atoms. The Labute approximate surface area is 108 Å². The molecule has 1 aromatic heterocycles. The number of hydrogen-bond donors (Lipinski definition) is 0. The molecule has 0 saturated heterocycles. The van der Waals surface area contributed by atoms with Gasteiger partial charge in [-0.3, -0.25) is 4.31 Å². The van der Waals surface area contributed by atoms with Crippen molar-refractivity contribution in [2.75, 3.05) is 14.2 Å². The molecule has 2 heterocycles. The Morgan fingerprint density at radius 3 is 2.78 bits per heavy atom. The van der Waals surface area contributed by atoms with E-state index in [4.69, 9.17) is 0 Å². The lowest BCUT2D eigenvalue weighted by atomic mass is 10.2. The number of nitrogens with zero attached hydrogens (tertiary/aromatic N) is 2. The molecule has 96 valence electrons. The lowest BCUT2D eigenvalue weighted by Crippen LogP contribution is -2.31. The average Bonchev–Trinajstić information content (AvgIpc) is 2.84. The van der Waals surface area contributed by atoms with Crippen molar-refractivity contribution in [3.63, 3.8) is 0 Å². The van der Waals surface area contributed by atoms with E-state index in [9.17, 15) is 13.2 Å². The second-order valence-electron chi connectivity index (χ2n) is 3.42. The van der Waals surface area contributed by atoms with Gasteiger partial charge in [-0.05, 0) is 17.5 Å². The largest absolute Gasteiger partial charge is 0.464 e. The van der Waals surface area contributed by atoms with Crippen LogP contribution in [0.2, 0.25) is 0 Å². The topological polar surface area (TPSA) is 76.0 Å². The molecule has 0 bridgehead atoms. The van der Waals surface area contributed by atoms with Crippen LogP contribution in [-0.2, 0) is 19.7 Å². The van der Waals surface area contributed by atoms with Crippen LogP contribution in [0, 0.1) is 0 Å². The van der Waals surface area contributed by atoms with Crippen LogP contribution in [0.25, 0.3) is 5.70 Å². The van der Waals surface area contributed by atoms with Crippen molar-refractivity contribution in [1.29, 1.82) is 0 Å². The normalized spacial score (nSPS) is 18.0. The minimum atomic E-state index is -3.88. The highest BCUT2D eigenvalue weighted by molar-refractivity contribution is 7.88. The predicted molar refractivity (Wildman–Crippen MR) is 68.4 cm³/mol. The summed E-state index contributed by atoms with van der Waals surface area (Å²) in [6.45, 7) is 0. The van der Waals surface area contributed by atoms with E-state index in [1.807, 2.05) is 5.38 Å². The second-order valence-corrected chi connectivity index (χ2v) is 5.99. The number of methoxy groups -OCH3 is 1. The van der Waals surface area contributed by atoms with Crippen molar-refractivity contribution in [2.24, 2.45) is 4.40 Å². The maximum Gasteiger partial charge on any atom is 0.357 e. The molecule has 0 aromatic carbocycles. The van der Waals surface area contributed by atoms with Crippen LogP contribution in [-0.4, -0.2) is 38.6 Å². The molecular weight excluding hydrogens is 276 g/mol. The van der Waals surface area contributed by atoms with E-state index in [2.05, 4.69) is 9.13 Å².